The van der Waals surface area contributed by atoms with Gasteiger partial charge in [0.05, 0.1) is 0 Å². The standard InChI is InChI=1S/C20H20N2O2/c1-14-5-4-8-18-20(14)22-19(24-18)9-10-21-12-15-11-16-6-2-3-7-17(16)23-13-15/h2-8,11,21H,9-10,12-13H2,1H3. The Morgan fingerprint density at radius 3 is 2.96 bits per heavy atom. The minimum atomic E-state index is 0.645. The summed E-state index contributed by atoms with van der Waals surface area (Å²) < 4.78 is 11.6. The molecular weight excluding hydrogens is 300 g/mol. The molecule has 1 N–H and O–H groups in total. The summed E-state index contributed by atoms with van der Waals surface area (Å²) in [7, 11) is 0. The summed E-state index contributed by atoms with van der Waals surface area (Å²) >= 11 is 0. The van der Waals surface area contributed by atoms with Crippen molar-refractivity contribution in [3.05, 3.63) is 65.1 Å². The van der Waals surface area contributed by atoms with Crippen molar-refractivity contribution in [2.24, 2.45) is 0 Å². The first-order valence-corrected chi connectivity index (χ1v) is 8.26. The summed E-state index contributed by atoms with van der Waals surface area (Å²) in [6.07, 6.45) is 2.98. The van der Waals surface area contributed by atoms with E-state index in [9.17, 15) is 0 Å². The zero-order valence-corrected chi connectivity index (χ0v) is 13.7. The van der Waals surface area contributed by atoms with E-state index in [1.165, 1.54) is 5.57 Å². The number of fused-ring (bicyclic) bond motifs is 2. The van der Waals surface area contributed by atoms with Gasteiger partial charge in [-0.25, -0.2) is 4.98 Å². The number of hydrogen-bond acceptors (Lipinski definition) is 4. The number of nitrogens with zero attached hydrogens (tertiary/aromatic N) is 1. The van der Waals surface area contributed by atoms with Crippen molar-refractivity contribution >= 4 is 17.2 Å². The smallest absolute Gasteiger partial charge is 0.196 e. The third-order valence-electron chi connectivity index (χ3n) is 4.22. The van der Waals surface area contributed by atoms with Crippen LogP contribution in [0, 0.1) is 6.92 Å². The van der Waals surface area contributed by atoms with Crippen LogP contribution in [0.15, 0.2) is 52.5 Å². The fraction of sp³-hybridized carbons (Fsp3) is 0.250. The normalized spacial score (nSPS) is 13.5. The number of aromatic nitrogens is 1. The van der Waals surface area contributed by atoms with Crippen molar-refractivity contribution in [2.75, 3.05) is 19.7 Å². The molecule has 122 valence electrons. The van der Waals surface area contributed by atoms with Gasteiger partial charge in [-0.2, -0.15) is 0 Å². The third kappa shape index (κ3) is 3.05. The highest BCUT2D eigenvalue weighted by Gasteiger charge is 2.11. The number of hydrogen-bond donors (Lipinski definition) is 1. The fourth-order valence-corrected chi connectivity index (χ4v) is 2.95. The lowest BCUT2D eigenvalue weighted by molar-refractivity contribution is 0.343. The third-order valence-corrected chi connectivity index (χ3v) is 4.22. The van der Waals surface area contributed by atoms with E-state index in [1.807, 2.05) is 30.3 Å². The largest absolute Gasteiger partial charge is 0.489 e. The maximum absolute atomic E-state index is 5.80. The summed E-state index contributed by atoms with van der Waals surface area (Å²) in [4.78, 5) is 4.58. The Hall–Kier alpha value is -2.59. The van der Waals surface area contributed by atoms with Gasteiger partial charge in [-0.1, -0.05) is 30.3 Å². The highest BCUT2D eigenvalue weighted by atomic mass is 16.5. The highest BCUT2D eigenvalue weighted by Crippen LogP contribution is 2.25. The Morgan fingerprint density at radius 2 is 2.04 bits per heavy atom. The van der Waals surface area contributed by atoms with Crippen molar-refractivity contribution < 1.29 is 9.15 Å². The van der Waals surface area contributed by atoms with Gasteiger partial charge in [0.1, 0.15) is 17.9 Å². The quantitative estimate of drug-likeness (QED) is 0.728. The van der Waals surface area contributed by atoms with Gasteiger partial charge in [0.2, 0.25) is 0 Å². The van der Waals surface area contributed by atoms with Crippen molar-refractivity contribution in [2.45, 2.75) is 13.3 Å². The molecule has 2 heterocycles. The number of aryl methyl sites for hydroxylation is 1. The van der Waals surface area contributed by atoms with E-state index in [0.717, 1.165) is 53.4 Å². The van der Waals surface area contributed by atoms with Gasteiger partial charge in [0.15, 0.2) is 11.5 Å². The number of ether oxygens (including phenoxy) is 1. The minimum absolute atomic E-state index is 0.645. The average Bonchev–Trinajstić information content (AvgIpc) is 3.03. The Morgan fingerprint density at radius 1 is 1.12 bits per heavy atom. The molecule has 3 aromatic rings. The molecule has 0 amide bonds. The first-order chi connectivity index (χ1) is 11.8. The molecule has 1 aliphatic heterocycles. The van der Waals surface area contributed by atoms with E-state index in [-0.39, 0.29) is 0 Å². The van der Waals surface area contributed by atoms with Crippen LogP contribution in [0.2, 0.25) is 0 Å². The summed E-state index contributed by atoms with van der Waals surface area (Å²) in [5.41, 5.74) is 5.38. The predicted molar refractivity (Wildman–Crippen MR) is 95.2 cm³/mol. The molecule has 4 heteroatoms. The molecule has 0 aliphatic carbocycles. The van der Waals surface area contributed by atoms with Crippen LogP contribution in [0.1, 0.15) is 17.0 Å². The Labute approximate surface area is 141 Å². The SMILES string of the molecule is Cc1cccc2oc(CCNCC3=Cc4ccccc4OC3)nc12. The number of para-hydroxylation sites is 2. The molecule has 4 nitrogen and oxygen atoms in total. The molecule has 0 saturated heterocycles. The van der Waals surface area contributed by atoms with Gasteiger partial charge in [0, 0.05) is 25.1 Å². The first-order valence-electron chi connectivity index (χ1n) is 8.26. The topological polar surface area (TPSA) is 47.3 Å². The van der Waals surface area contributed by atoms with E-state index >= 15 is 0 Å². The number of benzene rings is 2. The molecule has 4 rings (SSSR count). The molecule has 0 saturated carbocycles. The molecule has 1 aromatic heterocycles. The zero-order valence-electron chi connectivity index (χ0n) is 13.7. The van der Waals surface area contributed by atoms with Crippen LogP contribution in [-0.2, 0) is 6.42 Å². The fourth-order valence-electron chi connectivity index (χ4n) is 2.95. The van der Waals surface area contributed by atoms with Crippen LogP contribution < -0.4 is 10.1 Å². The Bertz CT molecular complexity index is 896. The summed E-state index contributed by atoms with van der Waals surface area (Å²) in [5, 5.41) is 3.45. The van der Waals surface area contributed by atoms with Crippen LogP contribution in [0.5, 0.6) is 5.75 Å². The minimum Gasteiger partial charge on any atom is -0.489 e. The first kappa shape index (κ1) is 15.0. The Balaban J connectivity index is 1.33. The molecule has 2 aromatic carbocycles. The van der Waals surface area contributed by atoms with Crippen molar-refractivity contribution in [1.82, 2.24) is 10.3 Å². The lowest BCUT2D eigenvalue weighted by Gasteiger charge is -2.18. The summed E-state index contributed by atoms with van der Waals surface area (Å²) in [5.74, 6) is 1.74. The van der Waals surface area contributed by atoms with Gasteiger partial charge in [-0.3, -0.25) is 0 Å². The van der Waals surface area contributed by atoms with E-state index in [4.69, 9.17) is 9.15 Å². The number of oxazole rings is 1. The van der Waals surface area contributed by atoms with Crippen LogP contribution >= 0.6 is 0 Å². The molecule has 24 heavy (non-hydrogen) atoms. The molecule has 0 radical (unpaired) electrons. The second-order valence-electron chi connectivity index (χ2n) is 6.09. The zero-order chi connectivity index (χ0) is 16.4. The van der Waals surface area contributed by atoms with E-state index in [2.05, 4.69) is 35.4 Å². The molecule has 0 bridgehead atoms. The molecule has 0 atom stereocenters. The van der Waals surface area contributed by atoms with Crippen molar-refractivity contribution in [3.63, 3.8) is 0 Å². The second-order valence-corrected chi connectivity index (χ2v) is 6.09. The van der Waals surface area contributed by atoms with Crippen molar-refractivity contribution in [3.8, 4) is 5.75 Å². The van der Waals surface area contributed by atoms with Crippen LogP contribution in [0.25, 0.3) is 17.2 Å². The lowest BCUT2D eigenvalue weighted by atomic mass is 10.1. The van der Waals surface area contributed by atoms with Gasteiger partial charge >= 0.3 is 0 Å². The highest BCUT2D eigenvalue weighted by molar-refractivity contribution is 5.76. The predicted octanol–water partition coefficient (Wildman–Crippen LogP) is 3.74. The maximum atomic E-state index is 5.80. The van der Waals surface area contributed by atoms with E-state index in [1.54, 1.807) is 0 Å². The molecule has 0 spiro atoms. The lowest BCUT2D eigenvalue weighted by Crippen LogP contribution is -2.23. The van der Waals surface area contributed by atoms with Crippen molar-refractivity contribution in [1.29, 1.82) is 0 Å². The van der Waals surface area contributed by atoms with Crippen LogP contribution in [-0.4, -0.2) is 24.7 Å². The molecular formula is C20H20N2O2. The number of rotatable bonds is 5. The van der Waals surface area contributed by atoms with E-state index < -0.39 is 0 Å². The molecule has 0 fully saturated rings. The van der Waals surface area contributed by atoms with Gasteiger partial charge < -0.3 is 14.5 Å². The van der Waals surface area contributed by atoms with Crippen LogP contribution in [0.4, 0.5) is 0 Å². The van der Waals surface area contributed by atoms with Gasteiger partial charge in [-0.05, 0) is 36.3 Å². The van der Waals surface area contributed by atoms with E-state index in [0.29, 0.717) is 6.61 Å². The van der Waals surface area contributed by atoms with Gasteiger partial charge in [-0.15, -0.1) is 0 Å². The summed E-state index contributed by atoms with van der Waals surface area (Å²) in [6.45, 7) is 4.34. The monoisotopic (exact) mass is 320 g/mol. The molecule has 0 unspecified atom stereocenters. The van der Waals surface area contributed by atoms with Crippen LogP contribution in [0.3, 0.4) is 0 Å². The maximum Gasteiger partial charge on any atom is 0.196 e. The average molecular weight is 320 g/mol. The molecule has 1 aliphatic rings. The number of nitrogens with one attached hydrogen (secondary N) is 1. The Kier molecular flexibility index (Phi) is 4.05. The summed E-state index contributed by atoms with van der Waals surface area (Å²) in [6, 6.07) is 14.1. The second kappa shape index (κ2) is 6.49. The van der Waals surface area contributed by atoms with Gasteiger partial charge in [0.25, 0.3) is 0 Å².